The van der Waals surface area contributed by atoms with Gasteiger partial charge in [0, 0.05) is 4.90 Å². The monoisotopic (exact) mass is 238 g/mol. The molecule has 0 saturated carbocycles. The van der Waals surface area contributed by atoms with Gasteiger partial charge in [-0.25, -0.2) is 5.84 Å². The average Bonchev–Trinajstić information content (AvgIpc) is 2.29. The molecule has 16 heavy (non-hydrogen) atoms. The number of hydrogen-bond acceptors (Lipinski definition) is 3. The molecule has 1 aromatic carbocycles. The molecule has 0 radical (unpaired) electrons. The smallest absolute Gasteiger partial charge is 0.247 e. The van der Waals surface area contributed by atoms with Crippen LogP contribution in [0.3, 0.4) is 0 Å². The number of amides is 1. The summed E-state index contributed by atoms with van der Waals surface area (Å²) in [7, 11) is 0. The Kier molecular flexibility index (Phi) is 4.83. The summed E-state index contributed by atoms with van der Waals surface area (Å²) in [6, 6.07) is 6.25. The van der Waals surface area contributed by atoms with Crippen molar-refractivity contribution in [3.63, 3.8) is 0 Å². The van der Waals surface area contributed by atoms with Gasteiger partial charge in [0.05, 0.1) is 5.25 Å². The van der Waals surface area contributed by atoms with Gasteiger partial charge in [-0.2, -0.15) is 0 Å². The highest BCUT2D eigenvalue weighted by Crippen LogP contribution is 2.29. The van der Waals surface area contributed by atoms with Crippen LogP contribution in [0.2, 0.25) is 0 Å². The zero-order valence-corrected chi connectivity index (χ0v) is 10.7. The van der Waals surface area contributed by atoms with E-state index in [0.717, 1.165) is 11.3 Å². The maximum absolute atomic E-state index is 11.5. The Labute approximate surface area is 101 Å². The third-order valence-electron chi connectivity index (χ3n) is 2.42. The fraction of sp³-hybridized carbons (Fsp3) is 0.417. The summed E-state index contributed by atoms with van der Waals surface area (Å²) in [6.07, 6.45) is 0.765. The van der Waals surface area contributed by atoms with Crippen LogP contribution in [0.15, 0.2) is 23.1 Å². The second-order valence-corrected chi connectivity index (χ2v) is 5.04. The van der Waals surface area contributed by atoms with E-state index in [1.54, 1.807) is 11.8 Å². The SMILES string of the molecule is CCC(Sc1cc(C)ccc1C)C(=O)NN. The average molecular weight is 238 g/mol. The molecule has 4 heteroatoms. The molecule has 3 nitrogen and oxygen atoms in total. The molecule has 0 aliphatic carbocycles. The topological polar surface area (TPSA) is 55.1 Å². The van der Waals surface area contributed by atoms with Crippen LogP contribution in [-0.2, 0) is 4.79 Å². The molecule has 0 heterocycles. The molecule has 1 aromatic rings. The van der Waals surface area contributed by atoms with Crippen molar-refractivity contribution >= 4 is 17.7 Å². The van der Waals surface area contributed by atoms with Crippen molar-refractivity contribution in [1.29, 1.82) is 0 Å². The van der Waals surface area contributed by atoms with Crippen molar-refractivity contribution in [3.05, 3.63) is 29.3 Å². The summed E-state index contributed by atoms with van der Waals surface area (Å²) >= 11 is 1.57. The molecule has 88 valence electrons. The lowest BCUT2D eigenvalue weighted by atomic mass is 10.2. The Balaban J connectivity index is 2.85. The van der Waals surface area contributed by atoms with E-state index in [9.17, 15) is 4.79 Å². The Morgan fingerprint density at radius 2 is 2.19 bits per heavy atom. The molecule has 1 rings (SSSR count). The van der Waals surface area contributed by atoms with Gasteiger partial charge in [-0.15, -0.1) is 11.8 Å². The molecule has 0 spiro atoms. The molecule has 1 amide bonds. The third kappa shape index (κ3) is 3.25. The van der Waals surface area contributed by atoms with E-state index in [-0.39, 0.29) is 11.2 Å². The number of carbonyl (C=O) groups is 1. The van der Waals surface area contributed by atoms with Gasteiger partial charge in [0.2, 0.25) is 5.91 Å². The van der Waals surface area contributed by atoms with Crippen molar-refractivity contribution in [3.8, 4) is 0 Å². The molecular weight excluding hydrogens is 220 g/mol. The molecule has 0 aliphatic heterocycles. The number of hydrogen-bond donors (Lipinski definition) is 2. The van der Waals surface area contributed by atoms with E-state index in [4.69, 9.17) is 5.84 Å². The number of nitrogens with one attached hydrogen (secondary N) is 1. The predicted octanol–water partition coefficient (Wildman–Crippen LogP) is 2.16. The molecular formula is C12H18N2OS. The minimum atomic E-state index is -0.120. The van der Waals surface area contributed by atoms with Crippen molar-refractivity contribution in [1.82, 2.24) is 5.43 Å². The number of rotatable bonds is 4. The minimum absolute atomic E-state index is 0.117. The highest BCUT2D eigenvalue weighted by Gasteiger charge is 2.17. The fourth-order valence-electron chi connectivity index (χ4n) is 1.40. The van der Waals surface area contributed by atoms with Crippen molar-refractivity contribution in [2.45, 2.75) is 37.3 Å². The fourth-order valence-corrected chi connectivity index (χ4v) is 2.56. The number of carbonyl (C=O) groups excluding carboxylic acids is 1. The Morgan fingerprint density at radius 1 is 1.50 bits per heavy atom. The maximum Gasteiger partial charge on any atom is 0.247 e. The summed E-state index contributed by atoms with van der Waals surface area (Å²) in [4.78, 5) is 12.6. The molecule has 0 fully saturated rings. The third-order valence-corrected chi connectivity index (χ3v) is 3.94. The first-order valence-corrected chi connectivity index (χ1v) is 6.20. The molecule has 0 aliphatic rings. The van der Waals surface area contributed by atoms with E-state index in [0.29, 0.717) is 0 Å². The van der Waals surface area contributed by atoms with Gasteiger partial charge in [-0.1, -0.05) is 24.6 Å². The quantitative estimate of drug-likeness (QED) is 0.366. The van der Waals surface area contributed by atoms with Crippen LogP contribution in [0.25, 0.3) is 0 Å². The van der Waals surface area contributed by atoms with Gasteiger partial charge >= 0.3 is 0 Å². The Morgan fingerprint density at radius 3 is 2.75 bits per heavy atom. The van der Waals surface area contributed by atoms with E-state index in [2.05, 4.69) is 30.5 Å². The van der Waals surface area contributed by atoms with Crippen LogP contribution < -0.4 is 11.3 Å². The second-order valence-electron chi connectivity index (χ2n) is 3.79. The van der Waals surface area contributed by atoms with Crippen molar-refractivity contribution in [2.75, 3.05) is 0 Å². The van der Waals surface area contributed by atoms with Crippen LogP contribution in [0, 0.1) is 13.8 Å². The van der Waals surface area contributed by atoms with E-state index in [1.165, 1.54) is 11.1 Å². The number of nitrogens with two attached hydrogens (primary N) is 1. The first-order chi connectivity index (χ1) is 7.58. The van der Waals surface area contributed by atoms with Crippen LogP contribution >= 0.6 is 11.8 Å². The lowest BCUT2D eigenvalue weighted by molar-refractivity contribution is -0.120. The molecule has 0 saturated heterocycles. The zero-order valence-electron chi connectivity index (χ0n) is 9.91. The minimum Gasteiger partial charge on any atom is -0.293 e. The van der Waals surface area contributed by atoms with Crippen molar-refractivity contribution in [2.24, 2.45) is 5.84 Å². The van der Waals surface area contributed by atoms with E-state index in [1.807, 2.05) is 13.8 Å². The number of aryl methyl sites for hydroxylation is 2. The zero-order chi connectivity index (χ0) is 12.1. The summed E-state index contributed by atoms with van der Waals surface area (Å²) in [6.45, 7) is 6.08. The normalized spacial score (nSPS) is 12.2. The molecule has 1 unspecified atom stereocenters. The van der Waals surface area contributed by atoms with Gasteiger partial charge in [0.25, 0.3) is 0 Å². The predicted molar refractivity (Wildman–Crippen MR) is 68.2 cm³/mol. The van der Waals surface area contributed by atoms with Crippen LogP contribution in [0.4, 0.5) is 0 Å². The highest BCUT2D eigenvalue weighted by atomic mass is 32.2. The molecule has 0 aromatic heterocycles. The Hall–Kier alpha value is -1.00. The molecule has 3 N–H and O–H groups in total. The summed E-state index contributed by atoms with van der Waals surface area (Å²) in [5.74, 6) is 5.04. The van der Waals surface area contributed by atoms with Gasteiger partial charge < -0.3 is 0 Å². The number of thioether (sulfide) groups is 1. The standard InChI is InChI=1S/C12H18N2OS/c1-4-10(12(15)14-13)16-11-7-8(2)5-6-9(11)3/h5-7,10H,4,13H2,1-3H3,(H,14,15). The summed E-state index contributed by atoms with van der Waals surface area (Å²) in [5.41, 5.74) is 4.61. The van der Waals surface area contributed by atoms with Crippen LogP contribution in [0.5, 0.6) is 0 Å². The lowest BCUT2D eigenvalue weighted by Gasteiger charge is -2.14. The number of benzene rings is 1. The van der Waals surface area contributed by atoms with E-state index >= 15 is 0 Å². The van der Waals surface area contributed by atoms with Gasteiger partial charge in [0.1, 0.15) is 0 Å². The van der Waals surface area contributed by atoms with Crippen LogP contribution in [-0.4, -0.2) is 11.2 Å². The summed E-state index contributed by atoms with van der Waals surface area (Å²) < 4.78 is 0. The first kappa shape index (κ1) is 13.1. The van der Waals surface area contributed by atoms with Gasteiger partial charge in [-0.05, 0) is 31.9 Å². The maximum atomic E-state index is 11.5. The largest absolute Gasteiger partial charge is 0.293 e. The Bertz CT molecular complexity index is 379. The van der Waals surface area contributed by atoms with E-state index < -0.39 is 0 Å². The highest BCUT2D eigenvalue weighted by molar-refractivity contribution is 8.00. The van der Waals surface area contributed by atoms with Crippen molar-refractivity contribution < 1.29 is 4.79 Å². The molecule has 1 atom stereocenters. The number of hydrazine groups is 1. The first-order valence-electron chi connectivity index (χ1n) is 5.32. The second kappa shape index (κ2) is 5.92. The van der Waals surface area contributed by atoms with Gasteiger partial charge in [0.15, 0.2) is 0 Å². The van der Waals surface area contributed by atoms with Crippen LogP contribution in [0.1, 0.15) is 24.5 Å². The molecule has 0 bridgehead atoms. The lowest BCUT2D eigenvalue weighted by Crippen LogP contribution is -2.37. The van der Waals surface area contributed by atoms with Gasteiger partial charge in [-0.3, -0.25) is 10.2 Å². The summed E-state index contributed by atoms with van der Waals surface area (Å²) in [5, 5.41) is -0.120.